The van der Waals surface area contributed by atoms with Crippen molar-refractivity contribution in [1.82, 2.24) is 14.9 Å². The third-order valence-electron chi connectivity index (χ3n) is 6.79. The Balaban J connectivity index is 1.63. The number of aromatic nitrogens is 2. The fourth-order valence-electron chi connectivity index (χ4n) is 4.77. The van der Waals surface area contributed by atoms with Crippen LogP contribution in [-0.2, 0) is 12.8 Å². The predicted octanol–water partition coefficient (Wildman–Crippen LogP) is 5.11. The van der Waals surface area contributed by atoms with Crippen molar-refractivity contribution >= 4 is 5.82 Å². The van der Waals surface area contributed by atoms with Gasteiger partial charge in [-0.1, -0.05) is 75.2 Å². The summed E-state index contributed by atoms with van der Waals surface area (Å²) < 4.78 is 14.6. The summed E-state index contributed by atoms with van der Waals surface area (Å²) in [6, 6.07) is 17.0. The topological polar surface area (TPSA) is 52.5 Å². The molecule has 0 amide bonds. The van der Waals surface area contributed by atoms with E-state index in [-0.39, 0.29) is 11.9 Å². The van der Waals surface area contributed by atoms with Crippen LogP contribution >= 0.6 is 0 Å². The van der Waals surface area contributed by atoms with Crippen molar-refractivity contribution in [2.45, 2.75) is 52.1 Å². The van der Waals surface area contributed by atoms with Crippen LogP contribution in [0.15, 0.2) is 54.6 Å². The van der Waals surface area contributed by atoms with Crippen LogP contribution in [0.25, 0.3) is 11.4 Å². The number of halogens is 1. The molecule has 0 aliphatic carbocycles. The number of hydrogen-bond donors (Lipinski definition) is 1. The molecule has 0 spiro atoms. The van der Waals surface area contributed by atoms with Crippen LogP contribution in [0, 0.1) is 5.82 Å². The van der Waals surface area contributed by atoms with Gasteiger partial charge in [0, 0.05) is 56.0 Å². The largest absolute Gasteiger partial charge is 0.392 e. The molecule has 1 aromatic heterocycles. The fourth-order valence-corrected chi connectivity index (χ4v) is 4.77. The summed E-state index contributed by atoms with van der Waals surface area (Å²) >= 11 is 0. The van der Waals surface area contributed by atoms with E-state index in [1.54, 1.807) is 6.07 Å². The number of piperazine rings is 1. The Hall–Kier alpha value is -2.83. The van der Waals surface area contributed by atoms with Crippen LogP contribution in [0.3, 0.4) is 0 Å². The summed E-state index contributed by atoms with van der Waals surface area (Å²) in [7, 11) is 0. The second-order valence-corrected chi connectivity index (χ2v) is 9.37. The lowest BCUT2D eigenvalue weighted by atomic mass is 10.0. The van der Waals surface area contributed by atoms with E-state index in [0.29, 0.717) is 17.8 Å². The van der Waals surface area contributed by atoms with Crippen molar-refractivity contribution in [1.29, 1.82) is 0 Å². The molecule has 3 aromatic rings. The molecule has 5 nitrogen and oxygen atoms in total. The first-order chi connectivity index (χ1) is 17.1. The maximum Gasteiger partial charge on any atom is 0.161 e. The zero-order valence-corrected chi connectivity index (χ0v) is 21.0. The molecule has 2 aromatic carbocycles. The SMILES string of the molecule is CCCC[C@@H](O)CN1CCN(c2nc(-c3ccccc3)nc(CC)c2Cc2ccccc2F)CC1. The minimum absolute atomic E-state index is 0.196. The van der Waals surface area contributed by atoms with Crippen LogP contribution in [0.5, 0.6) is 0 Å². The Morgan fingerprint density at radius 3 is 2.34 bits per heavy atom. The first-order valence-corrected chi connectivity index (χ1v) is 12.9. The van der Waals surface area contributed by atoms with Crippen molar-refractivity contribution < 1.29 is 9.50 Å². The number of rotatable bonds is 10. The standard InChI is InChI=1S/C29H37FN4O/c1-3-5-14-24(35)21-33-16-18-34(19-17-33)29-25(20-23-13-9-10-15-26(23)30)27(4-2)31-28(32-29)22-11-7-6-8-12-22/h6-13,15,24,35H,3-5,14,16-21H2,1-2H3/t24-/m1/s1. The van der Waals surface area contributed by atoms with E-state index in [1.807, 2.05) is 42.5 Å². The van der Waals surface area contributed by atoms with Gasteiger partial charge < -0.3 is 10.0 Å². The van der Waals surface area contributed by atoms with Crippen LogP contribution < -0.4 is 4.90 Å². The molecule has 35 heavy (non-hydrogen) atoms. The molecular formula is C29H37FN4O. The van der Waals surface area contributed by atoms with E-state index in [1.165, 1.54) is 6.07 Å². The molecule has 1 saturated heterocycles. The van der Waals surface area contributed by atoms with E-state index < -0.39 is 0 Å². The van der Waals surface area contributed by atoms with Crippen LogP contribution in [0.4, 0.5) is 10.2 Å². The van der Waals surface area contributed by atoms with Gasteiger partial charge in [-0.25, -0.2) is 14.4 Å². The number of hydrogen-bond acceptors (Lipinski definition) is 5. The maximum absolute atomic E-state index is 14.6. The molecule has 1 aliphatic heterocycles. The molecule has 186 valence electrons. The van der Waals surface area contributed by atoms with Gasteiger partial charge in [0.05, 0.1) is 6.10 Å². The van der Waals surface area contributed by atoms with Crippen LogP contribution in [0.1, 0.15) is 49.9 Å². The van der Waals surface area contributed by atoms with Gasteiger partial charge in [-0.15, -0.1) is 0 Å². The van der Waals surface area contributed by atoms with Gasteiger partial charge in [0.1, 0.15) is 11.6 Å². The van der Waals surface area contributed by atoms with Crippen LogP contribution in [-0.4, -0.2) is 58.8 Å². The zero-order valence-electron chi connectivity index (χ0n) is 21.0. The number of β-amino-alcohol motifs (C(OH)–C–C–N with tert-alkyl or cyclic N) is 1. The Labute approximate surface area is 208 Å². The Morgan fingerprint density at radius 2 is 1.66 bits per heavy atom. The monoisotopic (exact) mass is 476 g/mol. The average molecular weight is 477 g/mol. The van der Waals surface area contributed by atoms with E-state index in [2.05, 4.69) is 23.6 Å². The van der Waals surface area contributed by atoms with E-state index in [0.717, 1.165) is 81.0 Å². The summed E-state index contributed by atoms with van der Waals surface area (Å²) in [4.78, 5) is 14.6. The maximum atomic E-state index is 14.6. The lowest BCUT2D eigenvalue weighted by molar-refractivity contribution is 0.100. The highest BCUT2D eigenvalue weighted by atomic mass is 19.1. The lowest BCUT2D eigenvalue weighted by Gasteiger charge is -2.37. The Morgan fingerprint density at radius 1 is 0.943 bits per heavy atom. The van der Waals surface area contributed by atoms with Gasteiger partial charge in [-0.05, 0) is 24.5 Å². The van der Waals surface area contributed by atoms with Gasteiger partial charge in [0.15, 0.2) is 5.82 Å². The molecule has 2 heterocycles. The summed E-state index contributed by atoms with van der Waals surface area (Å²) in [5.41, 5.74) is 3.62. The second kappa shape index (κ2) is 12.2. The fraction of sp³-hybridized carbons (Fsp3) is 0.448. The van der Waals surface area contributed by atoms with Crippen molar-refractivity contribution in [3.05, 3.63) is 77.2 Å². The number of benzene rings is 2. The number of aliphatic hydroxyl groups is 1. The molecule has 1 N–H and O–H groups in total. The average Bonchev–Trinajstić information content (AvgIpc) is 2.89. The smallest absolute Gasteiger partial charge is 0.161 e. The molecule has 0 radical (unpaired) electrons. The third kappa shape index (κ3) is 6.44. The van der Waals surface area contributed by atoms with Crippen molar-refractivity contribution in [3.8, 4) is 11.4 Å². The van der Waals surface area contributed by atoms with Gasteiger partial charge in [0.25, 0.3) is 0 Å². The van der Waals surface area contributed by atoms with Gasteiger partial charge >= 0.3 is 0 Å². The number of aryl methyl sites for hydroxylation is 1. The Kier molecular flexibility index (Phi) is 8.83. The third-order valence-corrected chi connectivity index (χ3v) is 6.79. The highest BCUT2D eigenvalue weighted by molar-refractivity contribution is 5.61. The first-order valence-electron chi connectivity index (χ1n) is 12.9. The van der Waals surface area contributed by atoms with Crippen molar-refractivity contribution in [2.24, 2.45) is 0 Å². The number of anilines is 1. The highest BCUT2D eigenvalue weighted by Gasteiger charge is 2.25. The summed E-state index contributed by atoms with van der Waals surface area (Å²) in [5.74, 6) is 1.43. The summed E-state index contributed by atoms with van der Waals surface area (Å²) in [6.07, 6.45) is 3.97. The normalized spacial score (nSPS) is 15.4. The molecule has 0 bridgehead atoms. The summed E-state index contributed by atoms with van der Waals surface area (Å²) in [6.45, 7) is 8.35. The molecule has 6 heteroatoms. The highest BCUT2D eigenvalue weighted by Crippen LogP contribution is 2.29. The first kappa shape index (κ1) is 25.3. The number of unbranched alkanes of at least 4 members (excludes halogenated alkanes) is 1. The molecule has 0 saturated carbocycles. The van der Waals surface area contributed by atoms with Gasteiger partial charge in [0.2, 0.25) is 0 Å². The molecule has 1 aliphatic rings. The van der Waals surface area contributed by atoms with E-state index in [9.17, 15) is 9.50 Å². The molecule has 0 unspecified atom stereocenters. The Bertz CT molecular complexity index is 1080. The van der Waals surface area contributed by atoms with E-state index in [4.69, 9.17) is 9.97 Å². The molecule has 4 rings (SSSR count). The zero-order chi connectivity index (χ0) is 24.6. The predicted molar refractivity (Wildman–Crippen MR) is 140 cm³/mol. The quantitative estimate of drug-likeness (QED) is 0.441. The molecule has 1 fully saturated rings. The van der Waals surface area contributed by atoms with Crippen molar-refractivity contribution in [3.63, 3.8) is 0 Å². The minimum Gasteiger partial charge on any atom is -0.392 e. The molecule has 1 atom stereocenters. The summed E-state index contributed by atoms with van der Waals surface area (Å²) in [5, 5.41) is 10.4. The van der Waals surface area contributed by atoms with Crippen LogP contribution in [0.2, 0.25) is 0 Å². The van der Waals surface area contributed by atoms with Gasteiger partial charge in [-0.3, -0.25) is 4.90 Å². The lowest BCUT2D eigenvalue weighted by Crippen LogP contribution is -2.49. The van der Waals surface area contributed by atoms with Crippen molar-refractivity contribution in [2.75, 3.05) is 37.6 Å². The van der Waals surface area contributed by atoms with E-state index >= 15 is 0 Å². The minimum atomic E-state index is -0.270. The second-order valence-electron chi connectivity index (χ2n) is 9.37. The number of nitrogens with zero attached hydrogens (tertiary/aromatic N) is 4. The molecular weight excluding hydrogens is 439 g/mol. The number of aliphatic hydroxyl groups excluding tert-OH is 1. The van der Waals surface area contributed by atoms with Gasteiger partial charge in [-0.2, -0.15) is 0 Å².